The van der Waals surface area contributed by atoms with E-state index in [0.29, 0.717) is 12.5 Å². The number of carbonyl (C=O) groups is 1. The topological polar surface area (TPSA) is 78.7 Å². The van der Waals surface area contributed by atoms with Gasteiger partial charge in [-0.2, -0.15) is 0 Å². The molecule has 1 saturated heterocycles. The first-order chi connectivity index (χ1) is 14.0. The van der Waals surface area contributed by atoms with Crippen LogP contribution in [0.1, 0.15) is 31.7 Å². The van der Waals surface area contributed by atoms with Gasteiger partial charge in [0.05, 0.1) is 11.5 Å². The van der Waals surface area contributed by atoms with Crippen LogP contribution < -0.4 is 10.2 Å². The molecule has 1 fully saturated rings. The predicted octanol–water partition coefficient (Wildman–Crippen LogP) is 3.87. The minimum atomic E-state index is -0.391. The smallest absolute Gasteiger partial charge is 0.269 e. The number of hydrogen-bond donors (Lipinski definition) is 1. The maximum Gasteiger partial charge on any atom is 0.269 e. The van der Waals surface area contributed by atoms with Crippen LogP contribution in [-0.2, 0) is 4.79 Å². The van der Waals surface area contributed by atoms with Crippen molar-refractivity contribution in [2.75, 3.05) is 42.9 Å². The van der Waals surface area contributed by atoms with Crippen molar-refractivity contribution in [2.45, 2.75) is 26.2 Å². The Kier molecular flexibility index (Phi) is 6.82. The van der Waals surface area contributed by atoms with Crippen molar-refractivity contribution in [2.24, 2.45) is 0 Å². The summed E-state index contributed by atoms with van der Waals surface area (Å²) in [5.41, 5.74) is 3.18. The Labute approximate surface area is 171 Å². The van der Waals surface area contributed by atoms with Gasteiger partial charge in [-0.15, -0.1) is 0 Å². The molecule has 7 nitrogen and oxygen atoms in total. The highest BCUT2D eigenvalue weighted by Crippen LogP contribution is 2.22. The van der Waals surface area contributed by atoms with Crippen molar-refractivity contribution in [3.05, 3.63) is 64.2 Å². The highest BCUT2D eigenvalue weighted by atomic mass is 16.6. The average molecular weight is 396 g/mol. The minimum absolute atomic E-state index is 0.00919. The van der Waals surface area contributed by atoms with Crippen LogP contribution >= 0.6 is 0 Å². The summed E-state index contributed by atoms with van der Waals surface area (Å²) in [4.78, 5) is 27.1. The highest BCUT2D eigenvalue weighted by Gasteiger charge is 2.20. The van der Waals surface area contributed by atoms with E-state index in [1.54, 1.807) is 12.1 Å². The Morgan fingerprint density at radius 3 is 2.24 bits per heavy atom. The van der Waals surface area contributed by atoms with Gasteiger partial charge in [0, 0.05) is 49.7 Å². The molecule has 7 heteroatoms. The van der Waals surface area contributed by atoms with Crippen LogP contribution in [0.4, 0.5) is 17.1 Å². The van der Waals surface area contributed by atoms with E-state index in [1.165, 1.54) is 17.7 Å². The van der Waals surface area contributed by atoms with Crippen molar-refractivity contribution in [3.63, 3.8) is 0 Å². The molecule has 1 heterocycles. The van der Waals surface area contributed by atoms with Gasteiger partial charge in [-0.1, -0.05) is 26.0 Å². The van der Waals surface area contributed by atoms with Crippen LogP contribution in [0.25, 0.3) is 0 Å². The molecule has 29 heavy (non-hydrogen) atoms. The maximum absolute atomic E-state index is 12.4. The number of nitro groups is 1. The first-order valence-corrected chi connectivity index (χ1v) is 10.1. The number of piperazine rings is 1. The van der Waals surface area contributed by atoms with Gasteiger partial charge < -0.3 is 10.2 Å². The van der Waals surface area contributed by atoms with Crippen molar-refractivity contribution in [1.82, 2.24) is 4.90 Å². The Balaban J connectivity index is 1.46. The van der Waals surface area contributed by atoms with Gasteiger partial charge in [-0.25, -0.2) is 0 Å². The quantitative estimate of drug-likeness (QED) is 0.568. The summed E-state index contributed by atoms with van der Waals surface area (Å²) in [6.07, 6.45) is 1.09. The van der Waals surface area contributed by atoms with E-state index in [-0.39, 0.29) is 11.6 Å². The number of nitrogens with zero attached hydrogens (tertiary/aromatic N) is 3. The van der Waals surface area contributed by atoms with E-state index >= 15 is 0 Å². The number of rotatable bonds is 7. The van der Waals surface area contributed by atoms with E-state index in [4.69, 9.17) is 0 Å². The van der Waals surface area contributed by atoms with Crippen LogP contribution in [0.5, 0.6) is 0 Å². The molecule has 1 atom stereocenters. The highest BCUT2D eigenvalue weighted by molar-refractivity contribution is 5.92. The van der Waals surface area contributed by atoms with Gasteiger partial charge in [0.25, 0.3) is 5.69 Å². The number of anilines is 2. The summed E-state index contributed by atoms with van der Waals surface area (Å²) >= 11 is 0. The van der Waals surface area contributed by atoms with E-state index in [2.05, 4.69) is 41.1 Å². The van der Waals surface area contributed by atoms with Crippen LogP contribution in [-0.4, -0.2) is 48.5 Å². The summed E-state index contributed by atoms with van der Waals surface area (Å²) in [5.74, 6) is 0.511. The molecule has 2 aromatic carbocycles. The second kappa shape index (κ2) is 9.52. The van der Waals surface area contributed by atoms with E-state index in [0.717, 1.165) is 44.0 Å². The average Bonchev–Trinajstić information content (AvgIpc) is 2.74. The minimum Gasteiger partial charge on any atom is -0.369 e. The molecule has 0 aliphatic carbocycles. The van der Waals surface area contributed by atoms with Crippen LogP contribution in [0.2, 0.25) is 0 Å². The number of nitrogens with one attached hydrogen (secondary N) is 1. The number of benzene rings is 2. The normalized spacial score (nSPS) is 15.7. The molecule has 0 spiro atoms. The third-order valence-corrected chi connectivity index (χ3v) is 5.54. The third-order valence-electron chi connectivity index (χ3n) is 5.54. The van der Waals surface area contributed by atoms with E-state index in [1.807, 2.05) is 12.1 Å². The molecule has 0 bridgehead atoms. The lowest BCUT2D eigenvalue weighted by atomic mass is 9.99. The lowest BCUT2D eigenvalue weighted by Gasteiger charge is -2.35. The second-order valence-corrected chi connectivity index (χ2v) is 7.52. The molecular weight excluding hydrogens is 368 g/mol. The Hall–Kier alpha value is -2.93. The van der Waals surface area contributed by atoms with E-state index < -0.39 is 4.92 Å². The molecule has 0 aromatic heterocycles. The largest absolute Gasteiger partial charge is 0.369 e. The molecule has 2 aromatic rings. The molecule has 0 radical (unpaired) electrons. The Bertz CT molecular complexity index is 828. The second-order valence-electron chi connectivity index (χ2n) is 7.52. The molecule has 1 amide bonds. The van der Waals surface area contributed by atoms with Gasteiger partial charge in [-0.05, 0) is 42.2 Å². The Morgan fingerprint density at radius 2 is 1.69 bits per heavy atom. The molecule has 1 aliphatic rings. The van der Waals surface area contributed by atoms with Gasteiger partial charge in [0.1, 0.15) is 0 Å². The first-order valence-electron chi connectivity index (χ1n) is 10.1. The molecule has 154 valence electrons. The molecule has 0 saturated carbocycles. The zero-order valence-electron chi connectivity index (χ0n) is 17.0. The predicted molar refractivity (Wildman–Crippen MR) is 116 cm³/mol. The fourth-order valence-corrected chi connectivity index (χ4v) is 3.48. The molecule has 1 N–H and O–H groups in total. The summed E-state index contributed by atoms with van der Waals surface area (Å²) in [5, 5.41) is 13.7. The fourth-order valence-electron chi connectivity index (χ4n) is 3.48. The van der Waals surface area contributed by atoms with Gasteiger partial charge >= 0.3 is 0 Å². The first kappa shape index (κ1) is 20.8. The van der Waals surface area contributed by atoms with Crippen molar-refractivity contribution in [3.8, 4) is 0 Å². The van der Waals surface area contributed by atoms with Crippen LogP contribution in [0.3, 0.4) is 0 Å². The summed E-state index contributed by atoms with van der Waals surface area (Å²) < 4.78 is 0. The third kappa shape index (κ3) is 5.54. The van der Waals surface area contributed by atoms with Gasteiger partial charge in [0.2, 0.25) is 5.91 Å². The maximum atomic E-state index is 12.4. The fraction of sp³-hybridized carbons (Fsp3) is 0.409. The standard InChI is InChI=1S/C22H28N4O3/c1-3-17(2)18-4-6-19(7-5-18)23-22(27)16-24-12-14-25(15-13-24)20-8-10-21(11-9-20)26(28)29/h4-11,17H,3,12-16H2,1-2H3,(H,23,27). The van der Waals surface area contributed by atoms with Crippen LogP contribution in [0.15, 0.2) is 48.5 Å². The van der Waals surface area contributed by atoms with Crippen molar-refractivity contribution < 1.29 is 9.72 Å². The summed E-state index contributed by atoms with van der Waals surface area (Å²) in [6.45, 7) is 7.85. The van der Waals surface area contributed by atoms with Gasteiger partial charge in [-0.3, -0.25) is 19.8 Å². The summed E-state index contributed by atoms with van der Waals surface area (Å²) in [6, 6.07) is 14.7. The molecular formula is C22H28N4O3. The molecule has 1 aliphatic heterocycles. The number of nitro benzene ring substituents is 1. The Morgan fingerprint density at radius 1 is 1.07 bits per heavy atom. The number of non-ortho nitro benzene ring substituents is 1. The summed E-state index contributed by atoms with van der Waals surface area (Å²) in [7, 11) is 0. The zero-order valence-corrected chi connectivity index (χ0v) is 17.0. The van der Waals surface area contributed by atoms with Gasteiger partial charge in [0.15, 0.2) is 0 Å². The number of hydrogen-bond acceptors (Lipinski definition) is 5. The number of carbonyl (C=O) groups excluding carboxylic acids is 1. The van der Waals surface area contributed by atoms with Crippen molar-refractivity contribution >= 4 is 23.0 Å². The molecule has 3 rings (SSSR count). The lowest BCUT2D eigenvalue weighted by molar-refractivity contribution is -0.384. The van der Waals surface area contributed by atoms with Crippen LogP contribution in [0, 0.1) is 10.1 Å². The molecule has 1 unspecified atom stereocenters. The zero-order chi connectivity index (χ0) is 20.8. The SMILES string of the molecule is CCC(C)c1ccc(NC(=O)CN2CCN(c3ccc([N+](=O)[O-])cc3)CC2)cc1. The van der Waals surface area contributed by atoms with E-state index in [9.17, 15) is 14.9 Å². The monoisotopic (exact) mass is 396 g/mol. The lowest BCUT2D eigenvalue weighted by Crippen LogP contribution is -2.48. The number of amides is 1. The van der Waals surface area contributed by atoms with Crippen molar-refractivity contribution in [1.29, 1.82) is 0 Å².